The van der Waals surface area contributed by atoms with Crippen LogP contribution >= 0.6 is 0 Å². The van der Waals surface area contributed by atoms with Crippen LogP contribution < -0.4 is 0 Å². The van der Waals surface area contributed by atoms with Gasteiger partial charge < -0.3 is 5.11 Å². The zero-order chi connectivity index (χ0) is 16.7. The summed E-state index contributed by atoms with van der Waals surface area (Å²) in [6.45, 7) is 3.95. The Morgan fingerprint density at radius 1 is 0.955 bits per heavy atom. The SMILES string of the molecule is CCCCCCCC(C)(F)CCCCCC/C=C/CC(=O)O. The lowest BCUT2D eigenvalue weighted by Gasteiger charge is -2.20. The van der Waals surface area contributed by atoms with Crippen LogP contribution in [0.4, 0.5) is 4.39 Å². The van der Waals surface area contributed by atoms with Gasteiger partial charge in [0.15, 0.2) is 0 Å². The maximum Gasteiger partial charge on any atom is 0.307 e. The third kappa shape index (κ3) is 15.5. The van der Waals surface area contributed by atoms with Crippen molar-refractivity contribution in [3.05, 3.63) is 12.2 Å². The standard InChI is InChI=1S/C19H35FO2/c1-3-4-5-10-13-16-19(2,20)17-14-11-8-6-7-9-12-15-18(21)22/h9,12H,3-8,10-11,13-17H2,1-2H3,(H,21,22)/b12-9+. The highest BCUT2D eigenvalue weighted by molar-refractivity contribution is 5.68. The molecule has 0 aromatic heterocycles. The third-order valence-electron chi connectivity index (χ3n) is 4.08. The van der Waals surface area contributed by atoms with E-state index in [-0.39, 0.29) is 6.42 Å². The first-order chi connectivity index (χ1) is 10.5. The molecule has 130 valence electrons. The van der Waals surface area contributed by atoms with E-state index < -0.39 is 11.6 Å². The largest absolute Gasteiger partial charge is 0.481 e. The van der Waals surface area contributed by atoms with Gasteiger partial charge in [-0.05, 0) is 32.6 Å². The fraction of sp³-hybridized carbons (Fsp3) is 0.842. The van der Waals surface area contributed by atoms with E-state index in [1.165, 1.54) is 19.3 Å². The maximum atomic E-state index is 14.3. The van der Waals surface area contributed by atoms with Gasteiger partial charge in [-0.15, -0.1) is 0 Å². The van der Waals surface area contributed by atoms with Crippen LogP contribution in [0.2, 0.25) is 0 Å². The van der Waals surface area contributed by atoms with Gasteiger partial charge in [0, 0.05) is 0 Å². The van der Waals surface area contributed by atoms with Gasteiger partial charge >= 0.3 is 5.97 Å². The van der Waals surface area contributed by atoms with Crippen LogP contribution in [0.15, 0.2) is 12.2 Å². The molecule has 1 atom stereocenters. The molecule has 0 radical (unpaired) electrons. The van der Waals surface area contributed by atoms with Gasteiger partial charge in [0.2, 0.25) is 0 Å². The second-order valence-electron chi connectivity index (χ2n) is 6.60. The number of hydrogen-bond acceptors (Lipinski definition) is 1. The van der Waals surface area contributed by atoms with Crippen molar-refractivity contribution < 1.29 is 14.3 Å². The van der Waals surface area contributed by atoms with Crippen molar-refractivity contribution in [1.82, 2.24) is 0 Å². The van der Waals surface area contributed by atoms with Crippen molar-refractivity contribution in [2.45, 2.75) is 103 Å². The molecular weight excluding hydrogens is 279 g/mol. The van der Waals surface area contributed by atoms with Crippen LogP contribution in [0.25, 0.3) is 0 Å². The van der Waals surface area contributed by atoms with E-state index in [0.29, 0.717) is 12.8 Å². The molecule has 0 saturated carbocycles. The predicted octanol–water partition coefficient (Wildman–Crippen LogP) is 6.45. The number of carbonyl (C=O) groups is 1. The maximum absolute atomic E-state index is 14.3. The van der Waals surface area contributed by atoms with Gasteiger partial charge in [0.05, 0.1) is 6.42 Å². The molecule has 0 heterocycles. The van der Waals surface area contributed by atoms with Crippen LogP contribution in [0, 0.1) is 0 Å². The highest BCUT2D eigenvalue weighted by Gasteiger charge is 2.21. The molecule has 0 aromatic carbocycles. The predicted molar refractivity (Wildman–Crippen MR) is 92.0 cm³/mol. The Morgan fingerprint density at radius 3 is 2.05 bits per heavy atom. The van der Waals surface area contributed by atoms with Crippen LogP contribution in [-0.4, -0.2) is 16.7 Å². The summed E-state index contributed by atoms with van der Waals surface area (Å²) in [5.41, 5.74) is -0.992. The average Bonchev–Trinajstić information content (AvgIpc) is 2.45. The third-order valence-corrected chi connectivity index (χ3v) is 4.08. The lowest BCUT2D eigenvalue weighted by atomic mass is 9.93. The molecule has 0 aliphatic carbocycles. The molecular formula is C19H35FO2. The minimum Gasteiger partial charge on any atom is -0.481 e. The van der Waals surface area contributed by atoms with Crippen molar-refractivity contribution in [3.63, 3.8) is 0 Å². The number of aliphatic carboxylic acids is 1. The Balaban J connectivity index is 3.44. The van der Waals surface area contributed by atoms with Crippen molar-refractivity contribution in [3.8, 4) is 0 Å². The molecule has 1 unspecified atom stereocenters. The van der Waals surface area contributed by atoms with Crippen LogP contribution in [-0.2, 0) is 4.79 Å². The Labute approximate surface area is 136 Å². The molecule has 0 aromatic rings. The highest BCUT2D eigenvalue weighted by atomic mass is 19.1. The van der Waals surface area contributed by atoms with Crippen molar-refractivity contribution >= 4 is 5.97 Å². The van der Waals surface area contributed by atoms with Gasteiger partial charge in [-0.2, -0.15) is 0 Å². The summed E-state index contributed by atoms with van der Waals surface area (Å²) in [4.78, 5) is 10.3. The molecule has 0 bridgehead atoms. The minimum atomic E-state index is -0.992. The van der Waals surface area contributed by atoms with E-state index >= 15 is 0 Å². The zero-order valence-electron chi connectivity index (χ0n) is 14.6. The van der Waals surface area contributed by atoms with Gasteiger partial charge in [-0.25, -0.2) is 4.39 Å². The van der Waals surface area contributed by atoms with Crippen LogP contribution in [0.1, 0.15) is 97.3 Å². The number of halogens is 1. The lowest BCUT2D eigenvalue weighted by molar-refractivity contribution is -0.136. The highest BCUT2D eigenvalue weighted by Crippen LogP contribution is 2.26. The average molecular weight is 314 g/mol. The monoisotopic (exact) mass is 314 g/mol. The number of carboxylic acids is 1. The summed E-state index contributed by atoms with van der Waals surface area (Å²) in [7, 11) is 0. The second kappa shape index (κ2) is 13.8. The molecule has 0 fully saturated rings. The van der Waals surface area contributed by atoms with E-state index in [9.17, 15) is 9.18 Å². The molecule has 0 spiro atoms. The molecule has 1 N–H and O–H groups in total. The lowest BCUT2D eigenvalue weighted by Crippen LogP contribution is -2.17. The Kier molecular flexibility index (Phi) is 13.2. The molecule has 22 heavy (non-hydrogen) atoms. The summed E-state index contributed by atoms with van der Waals surface area (Å²) in [6, 6.07) is 0. The van der Waals surface area contributed by atoms with E-state index in [4.69, 9.17) is 5.11 Å². The minimum absolute atomic E-state index is 0.110. The Hall–Kier alpha value is -0.860. The molecule has 0 amide bonds. The molecule has 0 rings (SSSR count). The summed E-state index contributed by atoms with van der Waals surface area (Å²) < 4.78 is 14.3. The first-order valence-corrected chi connectivity index (χ1v) is 9.03. The van der Waals surface area contributed by atoms with Gasteiger partial charge in [-0.3, -0.25) is 4.79 Å². The Morgan fingerprint density at radius 2 is 1.50 bits per heavy atom. The topological polar surface area (TPSA) is 37.3 Å². The molecule has 0 saturated heterocycles. The summed E-state index contributed by atoms with van der Waals surface area (Å²) >= 11 is 0. The van der Waals surface area contributed by atoms with Crippen molar-refractivity contribution in [2.75, 3.05) is 0 Å². The summed E-state index contributed by atoms with van der Waals surface area (Å²) in [6.07, 6.45) is 16.2. The van der Waals surface area contributed by atoms with E-state index in [2.05, 4.69) is 6.92 Å². The summed E-state index contributed by atoms with van der Waals surface area (Å²) in [5.74, 6) is -0.784. The summed E-state index contributed by atoms with van der Waals surface area (Å²) in [5, 5.41) is 8.48. The number of hydrogen-bond donors (Lipinski definition) is 1. The first kappa shape index (κ1) is 21.1. The van der Waals surface area contributed by atoms with E-state index in [0.717, 1.165) is 44.9 Å². The van der Waals surface area contributed by atoms with Crippen LogP contribution in [0.5, 0.6) is 0 Å². The first-order valence-electron chi connectivity index (χ1n) is 9.03. The number of unbranched alkanes of at least 4 members (excludes halogenated alkanes) is 8. The number of allylic oxidation sites excluding steroid dienone is 1. The van der Waals surface area contributed by atoms with Crippen molar-refractivity contribution in [1.29, 1.82) is 0 Å². The van der Waals surface area contributed by atoms with E-state index in [1.54, 1.807) is 13.0 Å². The normalized spacial score (nSPS) is 14.3. The molecule has 0 aliphatic heterocycles. The molecule has 2 nitrogen and oxygen atoms in total. The molecule has 3 heteroatoms. The fourth-order valence-corrected chi connectivity index (χ4v) is 2.63. The van der Waals surface area contributed by atoms with Crippen LogP contribution in [0.3, 0.4) is 0 Å². The quantitative estimate of drug-likeness (QED) is 0.279. The van der Waals surface area contributed by atoms with E-state index in [1.807, 2.05) is 6.08 Å². The smallest absolute Gasteiger partial charge is 0.307 e. The number of rotatable bonds is 15. The fourth-order valence-electron chi connectivity index (χ4n) is 2.63. The number of carboxylic acid groups (broad SMARTS) is 1. The molecule has 0 aliphatic rings. The van der Waals surface area contributed by atoms with Crippen molar-refractivity contribution in [2.24, 2.45) is 0 Å². The van der Waals surface area contributed by atoms with Gasteiger partial charge in [-0.1, -0.05) is 70.4 Å². The Bertz CT molecular complexity index is 298. The zero-order valence-corrected chi connectivity index (χ0v) is 14.6. The number of alkyl halides is 1. The van der Waals surface area contributed by atoms with Gasteiger partial charge in [0.1, 0.15) is 5.67 Å². The van der Waals surface area contributed by atoms with Gasteiger partial charge in [0.25, 0.3) is 0 Å². The second-order valence-corrected chi connectivity index (χ2v) is 6.60.